The predicted molar refractivity (Wildman–Crippen MR) is 76.4 cm³/mol. The number of ether oxygens (including phenoxy) is 1. The minimum atomic E-state index is -3.42. The fourth-order valence-corrected chi connectivity index (χ4v) is 2.64. The standard InChI is InChI=1S/C13H18N2O4S/c1-10-3-4-12(14-20(2,17)18)11(9-10)13(16)15-5-7-19-8-6-15/h3-4,9,14H,5-8H2,1-2H3. The summed E-state index contributed by atoms with van der Waals surface area (Å²) in [7, 11) is -3.42. The Kier molecular flexibility index (Phi) is 4.29. The lowest BCUT2D eigenvalue weighted by Crippen LogP contribution is -2.41. The van der Waals surface area contributed by atoms with E-state index in [2.05, 4.69) is 4.72 Å². The number of rotatable bonds is 3. The Morgan fingerprint density at radius 2 is 1.95 bits per heavy atom. The number of benzene rings is 1. The van der Waals surface area contributed by atoms with E-state index in [1.807, 2.05) is 6.92 Å². The zero-order valence-corrected chi connectivity index (χ0v) is 12.4. The van der Waals surface area contributed by atoms with Crippen LogP contribution in [0.15, 0.2) is 18.2 Å². The molecule has 1 aliphatic heterocycles. The molecule has 1 heterocycles. The van der Waals surface area contributed by atoms with Crippen molar-refractivity contribution in [2.24, 2.45) is 0 Å². The number of hydrogen-bond donors (Lipinski definition) is 1. The van der Waals surface area contributed by atoms with Crippen LogP contribution in [0.2, 0.25) is 0 Å². The summed E-state index contributed by atoms with van der Waals surface area (Å²) in [5, 5.41) is 0. The predicted octanol–water partition coefficient (Wildman–Crippen LogP) is 0.839. The molecule has 0 atom stereocenters. The summed E-state index contributed by atoms with van der Waals surface area (Å²) in [4.78, 5) is 14.2. The van der Waals surface area contributed by atoms with Crippen LogP contribution in [-0.4, -0.2) is 51.8 Å². The number of sulfonamides is 1. The molecule has 20 heavy (non-hydrogen) atoms. The maximum atomic E-state index is 12.5. The zero-order valence-electron chi connectivity index (χ0n) is 11.5. The molecule has 0 unspecified atom stereocenters. The van der Waals surface area contributed by atoms with Crippen molar-refractivity contribution in [2.75, 3.05) is 37.3 Å². The summed E-state index contributed by atoms with van der Waals surface area (Å²) >= 11 is 0. The molecule has 0 saturated carbocycles. The normalized spacial score (nSPS) is 16.0. The van der Waals surface area contributed by atoms with E-state index in [0.717, 1.165) is 11.8 Å². The van der Waals surface area contributed by atoms with Crippen LogP contribution >= 0.6 is 0 Å². The van der Waals surface area contributed by atoms with Crippen LogP contribution in [0.5, 0.6) is 0 Å². The van der Waals surface area contributed by atoms with Crippen LogP contribution in [0.1, 0.15) is 15.9 Å². The molecular formula is C13H18N2O4S. The second kappa shape index (κ2) is 5.80. The van der Waals surface area contributed by atoms with Gasteiger partial charge in [-0.05, 0) is 19.1 Å². The highest BCUT2D eigenvalue weighted by molar-refractivity contribution is 7.92. The van der Waals surface area contributed by atoms with Gasteiger partial charge < -0.3 is 9.64 Å². The van der Waals surface area contributed by atoms with Crippen molar-refractivity contribution in [1.82, 2.24) is 4.90 Å². The van der Waals surface area contributed by atoms with Crippen molar-refractivity contribution in [3.05, 3.63) is 29.3 Å². The number of carbonyl (C=O) groups excluding carboxylic acids is 1. The molecule has 1 aromatic carbocycles. The second-order valence-corrected chi connectivity index (χ2v) is 6.58. The monoisotopic (exact) mass is 298 g/mol. The van der Waals surface area contributed by atoms with Gasteiger partial charge in [0.2, 0.25) is 10.0 Å². The first kappa shape index (κ1) is 14.8. The molecule has 0 aromatic heterocycles. The van der Waals surface area contributed by atoms with Crippen molar-refractivity contribution >= 4 is 21.6 Å². The molecular weight excluding hydrogens is 280 g/mol. The maximum absolute atomic E-state index is 12.5. The highest BCUT2D eigenvalue weighted by atomic mass is 32.2. The van der Waals surface area contributed by atoms with E-state index in [-0.39, 0.29) is 5.91 Å². The van der Waals surface area contributed by atoms with Gasteiger partial charge in [-0.1, -0.05) is 11.6 Å². The van der Waals surface area contributed by atoms with Gasteiger partial charge in [-0.2, -0.15) is 0 Å². The van der Waals surface area contributed by atoms with Crippen molar-refractivity contribution in [1.29, 1.82) is 0 Å². The average Bonchev–Trinajstić information content (AvgIpc) is 2.39. The number of amides is 1. The number of anilines is 1. The molecule has 1 aliphatic rings. The van der Waals surface area contributed by atoms with Gasteiger partial charge in [0.05, 0.1) is 30.7 Å². The SMILES string of the molecule is Cc1ccc(NS(C)(=O)=O)c(C(=O)N2CCOCC2)c1. The zero-order chi connectivity index (χ0) is 14.8. The average molecular weight is 298 g/mol. The molecule has 0 aliphatic carbocycles. The molecule has 1 aromatic rings. The van der Waals surface area contributed by atoms with Crippen LogP contribution in [-0.2, 0) is 14.8 Å². The van der Waals surface area contributed by atoms with Crippen LogP contribution in [0.4, 0.5) is 5.69 Å². The minimum absolute atomic E-state index is 0.178. The summed E-state index contributed by atoms with van der Waals surface area (Å²) in [5.41, 5.74) is 1.59. The van der Waals surface area contributed by atoms with E-state index in [1.54, 1.807) is 23.1 Å². The van der Waals surface area contributed by atoms with Gasteiger partial charge in [-0.3, -0.25) is 9.52 Å². The minimum Gasteiger partial charge on any atom is -0.378 e. The molecule has 0 radical (unpaired) electrons. The van der Waals surface area contributed by atoms with Gasteiger partial charge in [-0.25, -0.2) is 8.42 Å². The lowest BCUT2D eigenvalue weighted by atomic mass is 10.1. The van der Waals surface area contributed by atoms with Crippen molar-refractivity contribution in [2.45, 2.75) is 6.92 Å². The third-order valence-electron chi connectivity index (χ3n) is 3.00. The van der Waals surface area contributed by atoms with E-state index in [9.17, 15) is 13.2 Å². The molecule has 0 bridgehead atoms. The largest absolute Gasteiger partial charge is 0.378 e. The fourth-order valence-electron chi connectivity index (χ4n) is 2.06. The highest BCUT2D eigenvalue weighted by Gasteiger charge is 2.22. The van der Waals surface area contributed by atoms with Crippen molar-refractivity contribution < 1.29 is 17.9 Å². The summed E-state index contributed by atoms with van der Waals surface area (Å²) < 4.78 is 30.4. The van der Waals surface area contributed by atoms with Gasteiger partial charge >= 0.3 is 0 Å². The Morgan fingerprint density at radius 1 is 1.30 bits per heavy atom. The second-order valence-electron chi connectivity index (χ2n) is 4.83. The van der Waals surface area contributed by atoms with Crippen molar-refractivity contribution in [3.8, 4) is 0 Å². The number of carbonyl (C=O) groups is 1. The Bertz CT molecular complexity index is 607. The molecule has 1 N–H and O–H groups in total. The van der Waals surface area contributed by atoms with Gasteiger partial charge in [0, 0.05) is 13.1 Å². The van der Waals surface area contributed by atoms with E-state index < -0.39 is 10.0 Å². The smallest absolute Gasteiger partial charge is 0.256 e. The maximum Gasteiger partial charge on any atom is 0.256 e. The lowest BCUT2D eigenvalue weighted by molar-refractivity contribution is 0.0303. The topological polar surface area (TPSA) is 75.7 Å². The summed E-state index contributed by atoms with van der Waals surface area (Å²) in [6.45, 7) is 3.91. The van der Waals surface area contributed by atoms with E-state index in [4.69, 9.17) is 4.74 Å². The quantitative estimate of drug-likeness (QED) is 0.897. The molecule has 1 amide bonds. The molecule has 2 rings (SSSR count). The van der Waals surface area contributed by atoms with Gasteiger partial charge in [0.25, 0.3) is 5.91 Å². The first-order chi connectivity index (χ1) is 9.37. The molecule has 7 heteroatoms. The number of nitrogens with one attached hydrogen (secondary N) is 1. The Labute approximate surface area is 118 Å². The first-order valence-corrected chi connectivity index (χ1v) is 8.21. The van der Waals surface area contributed by atoms with Crippen LogP contribution in [0.3, 0.4) is 0 Å². The van der Waals surface area contributed by atoms with Crippen molar-refractivity contribution in [3.63, 3.8) is 0 Å². The van der Waals surface area contributed by atoms with Crippen LogP contribution in [0, 0.1) is 6.92 Å². The summed E-state index contributed by atoms with van der Waals surface area (Å²) in [5.74, 6) is -0.178. The molecule has 0 spiro atoms. The third kappa shape index (κ3) is 3.71. The van der Waals surface area contributed by atoms with Gasteiger partial charge in [0.15, 0.2) is 0 Å². The van der Waals surface area contributed by atoms with E-state index >= 15 is 0 Å². The Morgan fingerprint density at radius 3 is 2.55 bits per heavy atom. The number of aryl methyl sites for hydroxylation is 1. The van der Waals surface area contributed by atoms with Gasteiger partial charge in [0.1, 0.15) is 0 Å². The fraction of sp³-hybridized carbons (Fsp3) is 0.462. The third-order valence-corrected chi connectivity index (χ3v) is 3.59. The van der Waals surface area contributed by atoms with E-state index in [0.29, 0.717) is 37.6 Å². The summed E-state index contributed by atoms with van der Waals surface area (Å²) in [6, 6.07) is 5.08. The first-order valence-electron chi connectivity index (χ1n) is 6.32. The Hall–Kier alpha value is -1.60. The number of hydrogen-bond acceptors (Lipinski definition) is 4. The number of nitrogens with zero attached hydrogens (tertiary/aromatic N) is 1. The van der Waals surface area contributed by atoms with Gasteiger partial charge in [-0.15, -0.1) is 0 Å². The van der Waals surface area contributed by atoms with E-state index in [1.165, 1.54) is 0 Å². The molecule has 6 nitrogen and oxygen atoms in total. The molecule has 110 valence electrons. The Balaban J connectivity index is 2.33. The highest BCUT2D eigenvalue weighted by Crippen LogP contribution is 2.21. The molecule has 1 fully saturated rings. The number of morpholine rings is 1. The van der Waals surface area contributed by atoms with Crippen LogP contribution in [0.25, 0.3) is 0 Å². The summed E-state index contributed by atoms with van der Waals surface area (Å²) in [6.07, 6.45) is 1.07. The lowest BCUT2D eigenvalue weighted by Gasteiger charge is -2.27. The van der Waals surface area contributed by atoms with Crippen LogP contribution < -0.4 is 4.72 Å². The molecule has 1 saturated heterocycles.